The van der Waals surface area contributed by atoms with Crippen molar-refractivity contribution in [2.75, 3.05) is 0 Å². The summed E-state index contributed by atoms with van der Waals surface area (Å²) in [6.07, 6.45) is 6.48. The maximum Gasteiger partial charge on any atom is 0.116 e. The largest absolute Gasteiger partial charge is 0.508 e. The van der Waals surface area contributed by atoms with Crippen LogP contribution in [0.2, 0.25) is 0 Å². The summed E-state index contributed by atoms with van der Waals surface area (Å²) in [6, 6.07) is 33.9. The van der Waals surface area contributed by atoms with Crippen LogP contribution in [0.15, 0.2) is 117 Å². The monoisotopic (exact) mass is 447 g/mol. The molecule has 33 heavy (non-hydrogen) atoms. The van der Waals surface area contributed by atoms with Crippen LogP contribution < -0.4 is 15.9 Å². The Bertz CT molecular complexity index is 1120. The molecular weight excluding hydrogens is 419 g/mol. The molecule has 0 unspecified atom stereocenters. The van der Waals surface area contributed by atoms with Gasteiger partial charge in [0.15, 0.2) is 0 Å². The Balaban J connectivity index is 2.00. The van der Waals surface area contributed by atoms with Crippen LogP contribution in [-0.2, 0) is 6.16 Å². The fraction of sp³-hybridized carbons (Fsp3) is 0.0323. The SMILES string of the molecule is C=Cc1ccc([P+](Cc2ccc(O)cc2)(c2ccc(C=C)cc2)c2ccc(C=C)cc2)cc1. The standard InChI is InChI=1S/C31H27OP/c1-4-24-9-17-29(18-10-24)33(23-27-7-15-28(32)16-8-27,30-19-11-25(5-2)12-20-30)31-21-13-26(6-3)14-22-31/h4-22H,1-3,23H2/p+1. The van der Waals surface area contributed by atoms with Crippen molar-refractivity contribution < 1.29 is 5.11 Å². The van der Waals surface area contributed by atoms with Gasteiger partial charge in [-0.2, -0.15) is 0 Å². The molecule has 0 aromatic heterocycles. The lowest BCUT2D eigenvalue weighted by atomic mass is 10.2. The van der Waals surface area contributed by atoms with E-state index in [0.717, 1.165) is 22.9 Å². The Morgan fingerprint density at radius 2 is 0.848 bits per heavy atom. The number of phenolic OH excluding ortho intramolecular Hbond substituents is 1. The second kappa shape index (κ2) is 9.86. The summed E-state index contributed by atoms with van der Waals surface area (Å²) in [5, 5.41) is 13.8. The topological polar surface area (TPSA) is 20.2 Å². The van der Waals surface area contributed by atoms with Crippen molar-refractivity contribution in [1.29, 1.82) is 0 Å². The van der Waals surface area contributed by atoms with Crippen LogP contribution in [0.5, 0.6) is 5.75 Å². The van der Waals surface area contributed by atoms with Crippen LogP contribution in [0, 0.1) is 0 Å². The van der Waals surface area contributed by atoms with Gasteiger partial charge in [-0.05, 0) is 70.8 Å². The van der Waals surface area contributed by atoms with Crippen molar-refractivity contribution in [3.05, 3.63) is 139 Å². The second-order valence-electron chi connectivity index (χ2n) is 8.02. The van der Waals surface area contributed by atoms with Crippen molar-refractivity contribution in [2.45, 2.75) is 6.16 Å². The fourth-order valence-electron chi connectivity index (χ4n) is 4.19. The van der Waals surface area contributed by atoms with E-state index in [1.807, 2.05) is 30.4 Å². The van der Waals surface area contributed by atoms with E-state index < -0.39 is 7.26 Å². The number of phenols is 1. The van der Waals surface area contributed by atoms with E-state index >= 15 is 0 Å². The Morgan fingerprint density at radius 1 is 0.515 bits per heavy atom. The van der Waals surface area contributed by atoms with E-state index in [4.69, 9.17) is 0 Å². The molecule has 0 atom stereocenters. The first-order valence-electron chi connectivity index (χ1n) is 10.9. The van der Waals surface area contributed by atoms with Gasteiger partial charge in [-0.3, -0.25) is 0 Å². The number of hydrogen-bond donors (Lipinski definition) is 1. The molecule has 2 heteroatoms. The highest BCUT2D eigenvalue weighted by Gasteiger charge is 2.45. The summed E-state index contributed by atoms with van der Waals surface area (Å²) in [7, 11) is -2.07. The molecule has 0 saturated heterocycles. The molecule has 0 bridgehead atoms. The number of hydrogen-bond acceptors (Lipinski definition) is 1. The van der Waals surface area contributed by atoms with Crippen molar-refractivity contribution in [3.8, 4) is 5.75 Å². The first-order chi connectivity index (χ1) is 16.1. The lowest BCUT2D eigenvalue weighted by Crippen LogP contribution is -2.32. The third-order valence-electron chi connectivity index (χ3n) is 6.06. The summed E-state index contributed by atoms with van der Waals surface area (Å²) < 4.78 is 0. The molecule has 1 nitrogen and oxygen atoms in total. The Labute approximate surface area is 197 Å². The summed E-state index contributed by atoms with van der Waals surface area (Å²) in [5.41, 5.74) is 4.50. The Kier molecular flexibility index (Phi) is 6.73. The quantitative estimate of drug-likeness (QED) is 0.294. The molecule has 162 valence electrons. The fourth-order valence-corrected chi connectivity index (χ4v) is 8.37. The molecule has 1 N–H and O–H groups in total. The maximum absolute atomic E-state index is 9.86. The number of benzene rings is 4. The van der Waals surface area contributed by atoms with Gasteiger partial charge >= 0.3 is 0 Å². The summed E-state index contributed by atoms with van der Waals surface area (Å²) >= 11 is 0. The lowest BCUT2D eigenvalue weighted by Gasteiger charge is -2.28. The highest BCUT2D eigenvalue weighted by molar-refractivity contribution is 7.95. The van der Waals surface area contributed by atoms with E-state index in [1.165, 1.54) is 21.5 Å². The minimum Gasteiger partial charge on any atom is -0.508 e. The molecule has 0 radical (unpaired) electrons. The smallest absolute Gasteiger partial charge is 0.116 e. The molecule has 4 aromatic rings. The van der Waals surface area contributed by atoms with E-state index in [-0.39, 0.29) is 5.75 Å². The van der Waals surface area contributed by atoms with Gasteiger partial charge in [0, 0.05) is 0 Å². The summed E-state index contributed by atoms with van der Waals surface area (Å²) in [6.45, 7) is 11.8. The first-order valence-corrected chi connectivity index (χ1v) is 12.9. The van der Waals surface area contributed by atoms with Gasteiger partial charge in [0.25, 0.3) is 0 Å². The molecular formula is C31H28OP+. The number of aromatic hydroxyl groups is 1. The van der Waals surface area contributed by atoms with Crippen LogP contribution in [0.4, 0.5) is 0 Å². The predicted octanol–water partition coefficient (Wildman–Crippen LogP) is 6.82. The third-order valence-corrected chi connectivity index (χ3v) is 10.4. The third kappa shape index (κ3) is 4.60. The normalized spacial score (nSPS) is 11.0. The van der Waals surface area contributed by atoms with Gasteiger partial charge in [0.05, 0.1) is 6.16 Å². The Morgan fingerprint density at radius 3 is 1.15 bits per heavy atom. The summed E-state index contributed by atoms with van der Waals surface area (Å²) in [5.74, 6) is 0.281. The van der Waals surface area contributed by atoms with Gasteiger partial charge in [0.1, 0.15) is 28.9 Å². The zero-order valence-electron chi connectivity index (χ0n) is 18.7. The van der Waals surface area contributed by atoms with Gasteiger partial charge in [0.2, 0.25) is 0 Å². The minimum absolute atomic E-state index is 0.281. The van der Waals surface area contributed by atoms with E-state index in [2.05, 4.69) is 92.5 Å². The van der Waals surface area contributed by atoms with Crippen molar-refractivity contribution >= 4 is 41.4 Å². The molecule has 0 amide bonds. The molecule has 0 spiro atoms. The van der Waals surface area contributed by atoms with Gasteiger partial charge in [-0.25, -0.2) is 0 Å². The molecule has 0 aliphatic carbocycles. The summed E-state index contributed by atoms with van der Waals surface area (Å²) in [4.78, 5) is 0. The van der Waals surface area contributed by atoms with Crippen LogP contribution in [0.1, 0.15) is 22.3 Å². The maximum atomic E-state index is 9.86. The predicted molar refractivity (Wildman–Crippen MR) is 147 cm³/mol. The average Bonchev–Trinajstić information content (AvgIpc) is 2.89. The van der Waals surface area contributed by atoms with Crippen molar-refractivity contribution in [3.63, 3.8) is 0 Å². The first kappa shape index (κ1) is 22.5. The molecule has 0 heterocycles. The Hall–Kier alpha value is -3.67. The van der Waals surface area contributed by atoms with E-state index in [9.17, 15) is 5.11 Å². The zero-order chi connectivity index (χ0) is 23.3. The van der Waals surface area contributed by atoms with Crippen molar-refractivity contribution in [1.82, 2.24) is 0 Å². The minimum atomic E-state index is -2.07. The lowest BCUT2D eigenvalue weighted by molar-refractivity contribution is 0.475. The molecule has 0 aliphatic heterocycles. The van der Waals surface area contributed by atoms with Crippen LogP contribution in [-0.4, -0.2) is 5.11 Å². The molecule has 0 saturated carbocycles. The molecule has 0 fully saturated rings. The average molecular weight is 448 g/mol. The second-order valence-corrected chi connectivity index (χ2v) is 11.5. The molecule has 4 aromatic carbocycles. The van der Waals surface area contributed by atoms with Crippen LogP contribution >= 0.6 is 7.26 Å². The van der Waals surface area contributed by atoms with E-state index in [0.29, 0.717) is 0 Å². The molecule has 0 aliphatic rings. The zero-order valence-corrected chi connectivity index (χ0v) is 19.6. The van der Waals surface area contributed by atoms with Crippen LogP contribution in [0.25, 0.3) is 18.2 Å². The van der Waals surface area contributed by atoms with Crippen molar-refractivity contribution in [2.24, 2.45) is 0 Å². The van der Waals surface area contributed by atoms with Gasteiger partial charge < -0.3 is 5.11 Å². The number of rotatable bonds is 8. The van der Waals surface area contributed by atoms with Gasteiger partial charge in [-0.15, -0.1) is 0 Å². The highest BCUT2D eigenvalue weighted by atomic mass is 31.2. The highest BCUT2D eigenvalue weighted by Crippen LogP contribution is 2.58. The molecule has 4 rings (SSSR count). The van der Waals surface area contributed by atoms with Gasteiger partial charge in [-0.1, -0.05) is 86.5 Å². The van der Waals surface area contributed by atoms with Crippen LogP contribution in [0.3, 0.4) is 0 Å². The van der Waals surface area contributed by atoms with E-state index in [1.54, 1.807) is 12.1 Å².